The van der Waals surface area contributed by atoms with E-state index in [0.29, 0.717) is 18.2 Å². The number of halogens is 2. The molecule has 3 aromatic rings. The van der Waals surface area contributed by atoms with Crippen molar-refractivity contribution in [2.75, 3.05) is 19.6 Å². The van der Waals surface area contributed by atoms with Crippen molar-refractivity contribution in [2.45, 2.75) is 13.0 Å². The molecule has 8 heteroatoms. The van der Waals surface area contributed by atoms with Crippen LogP contribution in [0.25, 0.3) is 5.65 Å². The molecule has 0 aliphatic carbocycles. The van der Waals surface area contributed by atoms with E-state index in [1.54, 1.807) is 12.4 Å². The largest absolute Gasteiger partial charge is 0.333 e. The number of carbonyl (C=O) groups excluding carboxylic acids is 1. The van der Waals surface area contributed by atoms with Gasteiger partial charge in [-0.25, -0.2) is 4.98 Å². The number of nitrogens with zero attached hydrogens (tertiary/aromatic N) is 4. The van der Waals surface area contributed by atoms with Crippen LogP contribution in [0, 0.1) is 5.92 Å². The molecule has 1 aliphatic rings. The number of nitrogens with one attached hydrogen (secondary N) is 1. The van der Waals surface area contributed by atoms with Crippen molar-refractivity contribution in [1.29, 1.82) is 0 Å². The molecule has 3 aromatic heterocycles. The van der Waals surface area contributed by atoms with Crippen LogP contribution in [0.5, 0.6) is 0 Å². The van der Waals surface area contributed by atoms with Crippen LogP contribution in [0.1, 0.15) is 22.5 Å². The molecular formula is C19H23Cl2N5O. The first-order chi connectivity index (χ1) is 12.3. The SMILES string of the molecule is Cl.Cl.O=C(c1cn2ccccc2n1)N(Cc1cccnc1)CC1CCNC1. The molecule has 6 nitrogen and oxygen atoms in total. The van der Waals surface area contributed by atoms with E-state index in [-0.39, 0.29) is 30.7 Å². The van der Waals surface area contributed by atoms with Gasteiger partial charge in [-0.2, -0.15) is 0 Å². The number of aromatic nitrogens is 3. The number of amides is 1. The van der Waals surface area contributed by atoms with Crippen LogP contribution in [-0.4, -0.2) is 44.8 Å². The van der Waals surface area contributed by atoms with Gasteiger partial charge >= 0.3 is 0 Å². The summed E-state index contributed by atoms with van der Waals surface area (Å²) in [6, 6.07) is 9.67. The molecule has 1 aliphatic heterocycles. The van der Waals surface area contributed by atoms with Crippen molar-refractivity contribution in [3.8, 4) is 0 Å². The third-order valence-electron chi connectivity index (χ3n) is 4.61. The van der Waals surface area contributed by atoms with Crippen LogP contribution in [0.15, 0.2) is 55.1 Å². The van der Waals surface area contributed by atoms with Gasteiger partial charge in [0.15, 0.2) is 0 Å². The standard InChI is InChI=1S/C19H21N5O.2ClH/c25-19(17-14-23-9-2-1-5-18(23)22-17)24(13-16-6-8-21-11-16)12-15-4-3-7-20-10-15;;/h1-5,7,9-10,14,16,21H,6,8,11-13H2;2*1H. The topological polar surface area (TPSA) is 62.5 Å². The summed E-state index contributed by atoms with van der Waals surface area (Å²) in [4.78, 5) is 23.7. The Bertz CT molecular complexity index is 832. The van der Waals surface area contributed by atoms with Crippen molar-refractivity contribution < 1.29 is 4.79 Å². The lowest BCUT2D eigenvalue weighted by Crippen LogP contribution is -2.36. The predicted molar refractivity (Wildman–Crippen MR) is 110 cm³/mol. The maximum absolute atomic E-state index is 13.1. The zero-order chi connectivity index (χ0) is 17.1. The van der Waals surface area contributed by atoms with Crippen LogP contribution in [0.2, 0.25) is 0 Å². The molecule has 0 saturated carbocycles. The van der Waals surface area contributed by atoms with Gasteiger partial charge in [0.05, 0.1) is 0 Å². The van der Waals surface area contributed by atoms with E-state index in [4.69, 9.17) is 0 Å². The summed E-state index contributed by atoms with van der Waals surface area (Å²) in [5, 5.41) is 3.37. The Labute approximate surface area is 170 Å². The van der Waals surface area contributed by atoms with Gasteiger partial charge in [-0.05, 0) is 49.2 Å². The second-order valence-corrected chi connectivity index (χ2v) is 6.50. The molecule has 0 aromatic carbocycles. The van der Waals surface area contributed by atoms with E-state index < -0.39 is 0 Å². The van der Waals surface area contributed by atoms with E-state index >= 15 is 0 Å². The van der Waals surface area contributed by atoms with Gasteiger partial charge in [0.1, 0.15) is 11.3 Å². The number of hydrogen-bond donors (Lipinski definition) is 1. The molecule has 27 heavy (non-hydrogen) atoms. The first-order valence-corrected chi connectivity index (χ1v) is 8.62. The summed E-state index contributed by atoms with van der Waals surface area (Å²) in [6.07, 6.45) is 8.38. The number of hydrogen-bond acceptors (Lipinski definition) is 4. The van der Waals surface area contributed by atoms with Crippen LogP contribution < -0.4 is 5.32 Å². The van der Waals surface area contributed by atoms with Crippen molar-refractivity contribution in [3.05, 3.63) is 66.4 Å². The maximum atomic E-state index is 13.1. The van der Waals surface area contributed by atoms with E-state index in [0.717, 1.165) is 37.3 Å². The molecule has 1 atom stereocenters. The fourth-order valence-corrected chi connectivity index (χ4v) is 3.31. The minimum atomic E-state index is -0.0283. The maximum Gasteiger partial charge on any atom is 0.274 e. The lowest BCUT2D eigenvalue weighted by Gasteiger charge is -2.24. The number of fused-ring (bicyclic) bond motifs is 1. The molecule has 0 radical (unpaired) electrons. The first kappa shape index (κ1) is 21.2. The zero-order valence-electron chi connectivity index (χ0n) is 14.8. The van der Waals surface area contributed by atoms with Crippen molar-refractivity contribution >= 4 is 36.4 Å². The van der Waals surface area contributed by atoms with E-state index in [1.807, 2.05) is 52.0 Å². The van der Waals surface area contributed by atoms with Crippen LogP contribution in [-0.2, 0) is 6.54 Å². The first-order valence-electron chi connectivity index (χ1n) is 8.62. The van der Waals surface area contributed by atoms with Crippen molar-refractivity contribution in [3.63, 3.8) is 0 Å². The lowest BCUT2D eigenvalue weighted by atomic mass is 10.1. The number of pyridine rings is 2. The number of carbonyl (C=O) groups is 1. The second kappa shape index (κ2) is 9.69. The summed E-state index contributed by atoms with van der Waals surface area (Å²) >= 11 is 0. The zero-order valence-corrected chi connectivity index (χ0v) is 16.5. The molecule has 4 heterocycles. The van der Waals surface area contributed by atoms with E-state index in [9.17, 15) is 4.79 Å². The Morgan fingerprint density at radius 1 is 1.26 bits per heavy atom. The molecule has 0 bridgehead atoms. The van der Waals surface area contributed by atoms with Crippen molar-refractivity contribution in [2.24, 2.45) is 5.92 Å². The lowest BCUT2D eigenvalue weighted by molar-refractivity contribution is 0.0713. The van der Waals surface area contributed by atoms with Gasteiger partial charge in [0.2, 0.25) is 0 Å². The molecule has 1 saturated heterocycles. The van der Waals surface area contributed by atoms with Crippen molar-refractivity contribution in [1.82, 2.24) is 24.6 Å². The minimum Gasteiger partial charge on any atom is -0.333 e. The Morgan fingerprint density at radius 3 is 2.85 bits per heavy atom. The highest BCUT2D eigenvalue weighted by molar-refractivity contribution is 5.93. The molecule has 1 unspecified atom stereocenters. The molecule has 0 spiro atoms. The molecule has 1 amide bonds. The summed E-state index contributed by atoms with van der Waals surface area (Å²) in [5.41, 5.74) is 2.31. The average molecular weight is 408 g/mol. The highest BCUT2D eigenvalue weighted by atomic mass is 35.5. The summed E-state index contributed by atoms with van der Waals surface area (Å²) < 4.78 is 1.88. The predicted octanol–water partition coefficient (Wildman–Crippen LogP) is 2.82. The van der Waals surface area contributed by atoms with Gasteiger partial charge < -0.3 is 14.6 Å². The van der Waals surface area contributed by atoms with Gasteiger partial charge in [-0.1, -0.05) is 12.1 Å². The molecular weight excluding hydrogens is 385 g/mol. The average Bonchev–Trinajstić information content (AvgIpc) is 3.30. The molecule has 4 rings (SSSR count). The summed E-state index contributed by atoms with van der Waals surface area (Å²) in [7, 11) is 0. The van der Waals surface area contributed by atoms with Crippen LogP contribution >= 0.6 is 24.8 Å². The normalized spacial score (nSPS) is 15.8. The van der Waals surface area contributed by atoms with Gasteiger partial charge in [0, 0.05) is 37.9 Å². The Balaban J connectivity index is 0.00000131. The highest BCUT2D eigenvalue weighted by Crippen LogP contribution is 2.16. The molecule has 1 fully saturated rings. The monoisotopic (exact) mass is 407 g/mol. The molecule has 144 valence electrons. The fraction of sp³-hybridized carbons (Fsp3) is 0.316. The fourth-order valence-electron chi connectivity index (χ4n) is 3.31. The summed E-state index contributed by atoms with van der Waals surface area (Å²) in [5.74, 6) is 0.456. The Kier molecular flexibility index (Phi) is 7.59. The number of imidazole rings is 1. The van der Waals surface area contributed by atoms with E-state index in [2.05, 4.69) is 15.3 Å². The molecule has 1 N–H and O–H groups in total. The Hall–Kier alpha value is -2.15. The minimum absolute atomic E-state index is 0. The summed E-state index contributed by atoms with van der Waals surface area (Å²) in [6.45, 7) is 3.27. The second-order valence-electron chi connectivity index (χ2n) is 6.50. The van der Waals surface area contributed by atoms with Gasteiger partial charge in [-0.3, -0.25) is 9.78 Å². The van der Waals surface area contributed by atoms with Gasteiger partial charge in [0.25, 0.3) is 5.91 Å². The quantitative estimate of drug-likeness (QED) is 0.706. The number of rotatable bonds is 5. The van der Waals surface area contributed by atoms with Crippen LogP contribution in [0.4, 0.5) is 0 Å². The Morgan fingerprint density at radius 2 is 2.15 bits per heavy atom. The third kappa shape index (κ3) is 4.97. The smallest absolute Gasteiger partial charge is 0.274 e. The van der Waals surface area contributed by atoms with E-state index in [1.165, 1.54) is 0 Å². The van der Waals surface area contributed by atoms with Crippen LogP contribution in [0.3, 0.4) is 0 Å². The van der Waals surface area contributed by atoms with Gasteiger partial charge in [-0.15, -0.1) is 24.8 Å². The highest BCUT2D eigenvalue weighted by Gasteiger charge is 2.24. The third-order valence-corrected chi connectivity index (χ3v) is 4.61.